The van der Waals surface area contributed by atoms with Gasteiger partial charge in [-0.3, -0.25) is 4.79 Å². The Labute approximate surface area is 123 Å². The monoisotopic (exact) mass is 314 g/mol. The molecule has 1 unspecified atom stereocenters. The summed E-state index contributed by atoms with van der Waals surface area (Å²) in [4.78, 5) is 12.0. The highest BCUT2D eigenvalue weighted by Crippen LogP contribution is 2.24. The van der Waals surface area contributed by atoms with Crippen LogP contribution in [0.5, 0.6) is 5.75 Å². The van der Waals surface area contributed by atoms with Gasteiger partial charge in [-0.25, -0.2) is 13.6 Å². The van der Waals surface area contributed by atoms with Gasteiger partial charge in [-0.15, -0.1) is 0 Å². The van der Waals surface area contributed by atoms with Crippen LogP contribution >= 0.6 is 0 Å². The highest BCUT2D eigenvalue weighted by Gasteiger charge is 2.31. The average Bonchev–Trinajstić information content (AvgIpc) is 2.83. The topological polar surface area (TPSA) is 108 Å². The van der Waals surface area contributed by atoms with Gasteiger partial charge >= 0.3 is 0 Å². The third-order valence-electron chi connectivity index (χ3n) is 3.37. The molecule has 1 saturated heterocycles. The summed E-state index contributed by atoms with van der Waals surface area (Å²) in [5.74, 6) is -0.278. The number of nitrogens with one attached hydrogen (secondary N) is 1. The number of carbonyl (C=O) groups excluding carboxylic acids is 1. The molecule has 1 aromatic rings. The predicted molar refractivity (Wildman–Crippen MR) is 75.7 cm³/mol. The van der Waals surface area contributed by atoms with E-state index in [0.717, 1.165) is 0 Å². The summed E-state index contributed by atoms with van der Waals surface area (Å²) in [6.45, 7) is 2.89. The van der Waals surface area contributed by atoms with Crippen LogP contribution in [0.15, 0.2) is 23.1 Å². The molecule has 2 rings (SSSR count). The first kappa shape index (κ1) is 15.7. The van der Waals surface area contributed by atoms with Crippen LogP contribution in [0.2, 0.25) is 0 Å². The van der Waals surface area contributed by atoms with Crippen molar-refractivity contribution in [1.29, 1.82) is 0 Å². The van der Waals surface area contributed by atoms with Gasteiger partial charge in [0.1, 0.15) is 10.6 Å². The van der Waals surface area contributed by atoms with Crippen LogP contribution in [0.1, 0.15) is 23.7 Å². The fourth-order valence-corrected chi connectivity index (χ4v) is 2.88. The molecule has 1 aliphatic heterocycles. The second-order valence-corrected chi connectivity index (χ2v) is 6.76. The molecule has 1 atom stereocenters. The molecule has 1 fully saturated rings. The third-order valence-corrected chi connectivity index (χ3v) is 4.30. The van der Waals surface area contributed by atoms with E-state index in [1.165, 1.54) is 25.3 Å². The maximum Gasteiger partial charge on any atom is 0.251 e. The van der Waals surface area contributed by atoms with Crippen LogP contribution in [-0.2, 0) is 14.8 Å². The van der Waals surface area contributed by atoms with E-state index in [4.69, 9.17) is 14.6 Å². The summed E-state index contributed by atoms with van der Waals surface area (Å²) in [5.41, 5.74) is -0.244. The van der Waals surface area contributed by atoms with Gasteiger partial charge in [0.05, 0.1) is 19.3 Å². The smallest absolute Gasteiger partial charge is 0.251 e. The summed E-state index contributed by atoms with van der Waals surface area (Å²) in [5, 5.41) is 7.98. The first-order valence-electron chi connectivity index (χ1n) is 6.36. The zero-order valence-corrected chi connectivity index (χ0v) is 12.7. The molecule has 0 bridgehead atoms. The summed E-state index contributed by atoms with van der Waals surface area (Å²) < 4.78 is 33.3. The SMILES string of the molecule is COc1ccc(C(=O)NC2(C)CCOC2)cc1S(N)(=O)=O. The van der Waals surface area contributed by atoms with Crippen LogP contribution < -0.4 is 15.2 Å². The number of hydrogen-bond acceptors (Lipinski definition) is 5. The number of hydrogen-bond donors (Lipinski definition) is 2. The Morgan fingerprint density at radius 3 is 2.71 bits per heavy atom. The number of nitrogens with two attached hydrogens (primary N) is 1. The van der Waals surface area contributed by atoms with Gasteiger partial charge in [0.2, 0.25) is 10.0 Å². The number of primary sulfonamides is 1. The third kappa shape index (κ3) is 3.52. The molecule has 0 aromatic heterocycles. The number of methoxy groups -OCH3 is 1. The van der Waals surface area contributed by atoms with E-state index in [-0.39, 0.29) is 22.1 Å². The highest BCUT2D eigenvalue weighted by molar-refractivity contribution is 7.89. The van der Waals surface area contributed by atoms with Crippen LogP contribution in [0.3, 0.4) is 0 Å². The van der Waals surface area contributed by atoms with E-state index in [1.54, 1.807) is 0 Å². The second kappa shape index (κ2) is 5.63. The van der Waals surface area contributed by atoms with Gasteiger partial charge in [0, 0.05) is 12.2 Å². The quantitative estimate of drug-likeness (QED) is 0.828. The van der Waals surface area contributed by atoms with E-state index >= 15 is 0 Å². The molecular weight excluding hydrogens is 296 g/mol. The molecule has 0 radical (unpaired) electrons. The van der Waals surface area contributed by atoms with Crippen molar-refractivity contribution >= 4 is 15.9 Å². The molecule has 7 nitrogen and oxygen atoms in total. The first-order chi connectivity index (χ1) is 9.75. The van der Waals surface area contributed by atoms with Crippen molar-refractivity contribution in [1.82, 2.24) is 5.32 Å². The van der Waals surface area contributed by atoms with Gasteiger partial charge in [-0.05, 0) is 31.5 Å². The highest BCUT2D eigenvalue weighted by atomic mass is 32.2. The van der Waals surface area contributed by atoms with Crippen LogP contribution in [0, 0.1) is 0 Å². The van der Waals surface area contributed by atoms with E-state index < -0.39 is 15.6 Å². The maximum absolute atomic E-state index is 12.2. The number of ether oxygens (including phenoxy) is 2. The van der Waals surface area contributed by atoms with Crippen LogP contribution in [0.4, 0.5) is 0 Å². The van der Waals surface area contributed by atoms with E-state index in [9.17, 15) is 13.2 Å². The number of amides is 1. The molecular formula is C13H18N2O5S. The normalized spacial score (nSPS) is 22.0. The number of benzene rings is 1. The molecule has 1 aromatic carbocycles. The Balaban J connectivity index is 2.30. The van der Waals surface area contributed by atoms with Gasteiger partial charge in [0.15, 0.2) is 0 Å². The lowest BCUT2D eigenvalue weighted by atomic mass is 10.0. The fraction of sp³-hybridized carbons (Fsp3) is 0.462. The number of sulfonamides is 1. The Bertz CT molecular complexity index is 651. The molecule has 1 amide bonds. The second-order valence-electron chi connectivity index (χ2n) is 5.23. The molecule has 8 heteroatoms. The molecule has 1 aliphatic rings. The summed E-state index contributed by atoms with van der Waals surface area (Å²) in [6, 6.07) is 4.10. The molecule has 21 heavy (non-hydrogen) atoms. The molecule has 0 spiro atoms. The fourth-order valence-electron chi connectivity index (χ4n) is 2.15. The Morgan fingerprint density at radius 2 is 2.19 bits per heavy atom. The Hall–Kier alpha value is -1.64. The van der Waals surface area contributed by atoms with Crippen molar-refractivity contribution < 1.29 is 22.7 Å². The lowest BCUT2D eigenvalue weighted by molar-refractivity contribution is 0.0889. The Morgan fingerprint density at radius 1 is 1.48 bits per heavy atom. The molecule has 3 N–H and O–H groups in total. The number of carbonyl (C=O) groups is 1. The van der Waals surface area contributed by atoms with E-state index in [0.29, 0.717) is 19.6 Å². The van der Waals surface area contributed by atoms with E-state index in [2.05, 4.69) is 5.32 Å². The maximum atomic E-state index is 12.2. The minimum Gasteiger partial charge on any atom is -0.495 e. The van der Waals surface area contributed by atoms with Crippen molar-refractivity contribution in [3.63, 3.8) is 0 Å². The zero-order valence-electron chi connectivity index (χ0n) is 11.9. The van der Waals surface area contributed by atoms with Crippen molar-refractivity contribution in [3.05, 3.63) is 23.8 Å². The molecule has 0 saturated carbocycles. The summed E-state index contributed by atoms with van der Waals surface area (Å²) in [6.07, 6.45) is 0.705. The van der Waals surface area contributed by atoms with Gasteiger partial charge < -0.3 is 14.8 Å². The largest absolute Gasteiger partial charge is 0.495 e. The average molecular weight is 314 g/mol. The van der Waals surface area contributed by atoms with E-state index in [1.807, 2.05) is 6.92 Å². The van der Waals surface area contributed by atoms with Crippen LogP contribution in [0.25, 0.3) is 0 Å². The number of rotatable bonds is 4. The summed E-state index contributed by atoms with van der Waals surface area (Å²) in [7, 11) is -2.64. The minimum atomic E-state index is -3.97. The predicted octanol–water partition coefficient (Wildman–Crippen LogP) is 0.251. The standard InChI is InChI=1S/C13H18N2O5S/c1-13(5-6-20-8-13)15-12(16)9-3-4-10(19-2)11(7-9)21(14,17)18/h3-4,7H,5-6,8H2,1-2H3,(H,15,16)(H2,14,17,18). The molecule has 1 heterocycles. The van der Waals surface area contributed by atoms with Crippen molar-refractivity contribution in [3.8, 4) is 5.75 Å². The Kier molecular flexibility index (Phi) is 4.22. The van der Waals surface area contributed by atoms with Crippen molar-refractivity contribution in [2.24, 2.45) is 5.14 Å². The minimum absolute atomic E-state index is 0.101. The zero-order chi connectivity index (χ0) is 15.7. The van der Waals surface area contributed by atoms with Crippen molar-refractivity contribution in [2.75, 3.05) is 20.3 Å². The lowest BCUT2D eigenvalue weighted by Gasteiger charge is -2.23. The van der Waals surface area contributed by atoms with Crippen molar-refractivity contribution in [2.45, 2.75) is 23.8 Å². The first-order valence-corrected chi connectivity index (χ1v) is 7.91. The lowest BCUT2D eigenvalue weighted by Crippen LogP contribution is -2.46. The molecule has 116 valence electrons. The van der Waals surface area contributed by atoms with Gasteiger partial charge in [-0.1, -0.05) is 0 Å². The summed E-state index contributed by atoms with van der Waals surface area (Å²) >= 11 is 0. The molecule has 0 aliphatic carbocycles. The van der Waals surface area contributed by atoms with Gasteiger partial charge in [-0.2, -0.15) is 0 Å². The van der Waals surface area contributed by atoms with Crippen LogP contribution in [-0.4, -0.2) is 40.2 Å². The van der Waals surface area contributed by atoms with Gasteiger partial charge in [0.25, 0.3) is 5.91 Å².